The Hall–Kier alpha value is -1.61. The van der Waals surface area contributed by atoms with E-state index in [-0.39, 0.29) is 0 Å². The Morgan fingerprint density at radius 1 is 1.00 bits per heavy atom. The van der Waals surface area contributed by atoms with Crippen LogP contribution in [0.1, 0.15) is 24.8 Å². The Balaban J connectivity index is 1.66. The summed E-state index contributed by atoms with van der Waals surface area (Å²) in [5.41, 5.74) is 1.41. The van der Waals surface area contributed by atoms with Crippen molar-refractivity contribution in [1.29, 1.82) is 0 Å². The van der Waals surface area contributed by atoms with Crippen LogP contribution >= 0.6 is 11.8 Å². The molecule has 2 nitrogen and oxygen atoms in total. The second kappa shape index (κ2) is 6.90. The summed E-state index contributed by atoms with van der Waals surface area (Å²) in [5, 5.41) is 0. The molecule has 0 bridgehead atoms. The molecule has 1 aliphatic heterocycles. The van der Waals surface area contributed by atoms with Gasteiger partial charge in [-0.2, -0.15) is 0 Å². The van der Waals surface area contributed by atoms with Crippen molar-refractivity contribution in [3.05, 3.63) is 54.1 Å². The average Bonchev–Trinajstić information content (AvgIpc) is 2.95. The summed E-state index contributed by atoms with van der Waals surface area (Å²) >= 11 is 1.92. The van der Waals surface area contributed by atoms with Crippen LogP contribution in [0.15, 0.2) is 53.4 Å². The molecule has 0 N–H and O–H groups in total. The van der Waals surface area contributed by atoms with Gasteiger partial charge < -0.3 is 9.47 Å². The molecule has 0 saturated carbocycles. The van der Waals surface area contributed by atoms with Crippen LogP contribution in [-0.4, -0.2) is 19.0 Å². The lowest BCUT2D eigenvalue weighted by Crippen LogP contribution is -2.10. The van der Waals surface area contributed by atoms with Gasteiger partial charge in [-0.25, -0.2) is 0 Å². The fraction of sp³-hybridized carbons (Fsp3) is 0.333. The standard InChI is InChI=1S/C18H20O2S/c1-2-11-19-16-8-4-5-9-17(16)20-12-14-13-21-18-10-6-3-7-15(14)18/h3-10,14H,2,11-13H2,1H3. The maximum Gasteiger partial charge on any atom is 0.161 e. The molecule has 3 heteroatoms. The monoisotopic (exact) mass is 300 g/mol. The lowest BCUT2D eigenvalue weighted by atomic mass is 10.0. The Morgan fingerprint density at radius 2 is 1.71 bits per heavy atom. The maximum atomic E-state index is 6.04. The minimum absolute atomic E-state index is 0.463. The summed E-state index contributed by atoms with van der Waals surface area (Å²) in [5.74, 6) is 3.25. The normalized spacial score (nSPS) is 16.5. The summed E-state index contributed by atoms with van der Waals surface area (Å²) in [6.45, 7) is 3.54. The first-order valence-corrected chi connectivity index (χ1v) is 8.43. The van der Waals surface area contributed by atoms with Crippen LogP contribution in [0.4, 0.5) is 0 Å². The smallest absolute Gasteiger partial charge is 0.161 e. The van der Waals surface area contributed by atoms with Crippen LogP contribution in [0, 0.1) is 0 Å². The first kappa shape index (κ1) is 14.3. The quantitative estimate of drug-likeness (QED) is 0.767. The van der Waals surface area contributed by atoms with Crippen molar-refractivity contribution in [3.8, 4) is 11.5 Å². The summed E-state index contributed by atoms with van der Waals surface area (Å²) in [6.07, 6.45) is 1.00. The highest BCUT2D eigenvalue weighted by Crippen LogP contribution is 2.40. The number of ether oxygens (including phenoxy) is 2. The maximum absolute atomic E-state index is 6.04. The molecule has 0 aromatic heterocycles. The topological polar surface area (TPSA) is 18.5 Å². The summed E-state index contributed by atoms with van der Waals surface area (Å²) in [6, 6.07) is 16.5. The van der Waals surface area contributed by atoms with Crippen LogP contribution < -0.4 is 9.47 Å². The molecule has 0 amide bonds. The largest absolute Gasteiger partial charge is 0.490 e. The molecule has 0 saturated heterocycles. The number of fused-ring (bicyclic) bond motifs is 1. The van der Waals surface area contributed by atoms with Gasteiger partial charge in [-0.15, -0.1) is 11.8 Å². The van der Waals surface area contributed by atoms with Crippen molar-refractivity contribution < 1.29 is 9.47 Å². The summed E-state index contributed by atoms with van der Waals surface area (Å²) < 4.78 is 11.8. The van der Waals surface area contributed by atoms with E-state index < -0.39 is 0 Å². The molecule has 0 radical (unpaired) electrons. The molecule has 0 spiro atoms. The van der Waals surface area contributed by atoms with E-state index in [0.717, 1.165) is 30.3 Å². The molecule has 2 aromatic carbocycles. The summed E-state index contributed by atoms with van der Waals surface area (Å²) in [7, 11) is 0. The number of para-hydroxylation sites is 2. The molecule has 110 valence electrons. The highest BCUT2D eigenvalue weighted by atomic mass is 32.2. The average molecular weight is 300 g/mol. The molecular formula is C18H20O2S. The van der Waals surface area contributed by atoms with Crippen molar-refractivity contribution in [2.45, 2.75) is 24.2 Å². The third-order valence-corrected chi connectivity index (χ3v) is 4.80. The Morgan fingerprint density at radius 3 is 2.52 bits per heavy atom. The molecule has 1 heterocycles. The van der Waals surface area contributed by atoms with Crippen molar-refractivity contribution in [2.75, 3.05) is 19.0 Å². The fourth-order valence-corrected chi connectivity index (χ4v) is 3.69. The first-order valence-electron chi connectivity index (χ1n) is 7.45. The highest BCUT2D eigenvalue weighted by Gasteiger charge is 2.23. The van der Waals surface area contributed by atoms with Crippen molar-refractivity contribution >= 4 is 11.8 Å². The van der Waals surface area contributed by atoms with Gasteiger partial charge in [0.05, 0.1) is 13.2 Å². The SMILES string of the molecule is CCCOc1ccccc1OCC1CSc2ccccc21. The van der Waals surface area contributed by atoms with E-state index in [1.165, 1.54) is 10.5 Å². The van der Waals surface area contributed by atoms with Crippen LogP contribution in [0.25, 0.3) is 0 Å². The minimum Gasteiger partial charge on any atom is -0.490 e. The lowest BCUT2D eigenvalue weighted by Gasteiger charge is -2.15. The molecule has 2 aromatic rings. The van der Waals surface area contributed by atoms with Crippen molar-refractivity contribution in [3.63, 3.8) is 0 Å². The van der Waals surface area contributed by atoms with Crippen LogP contribution in [-0.2, 0) is 0 Å². The van der Waals surface area contributed by atoms with E-state index >= 15 is 0 Å². The fourth-order valence-electron chi connectivity index (χ4n) is 2.46. The molecule has 0 aliphatic carbocycles. The van der Waals surface area contributed by atoms with Gasteiger partial charge in [0.25, 0.3) is 0 Å². The second-order valence-electron chi connectivity index (χ2n) is 5.15. The number of benzene rings is 2. The molecule has 1 aliphatic rings. The molecule has 1 atom stereocenters. The highest BCUT2D eigenvalue weighted by molar-refractivity contribution is 7.99. The van der Waals surface area contributed by atoms with Gasteiger partial charge in [0.1, 0.15) is 0 Å². The van der Waals surface area contributed by atoms with Gasteiger partial charge in [-0.1, -0.05) is 37.3 Å². The number of hydrogen-bond acceptors (Lipinski definition) is 3. The van der Waals surface area contributed by atoms with Gasteiger partial charge >= 0.3 is 0 Å². The van der Waals surface area contributed by atoms with Gasteiger partial charge in [-0.05, 0) is 30.2 Å². The third kappa shape index (κ3) is 3.35. The zero-order valence-corrected chi connectivity index (χ0v) is 13.1. The van der Waals surface area contributed by atoms with Crippen molar-refractivity contribution in [2.24, 2.45) is 0 Å². The van der Waals surface area contributed by atoms with Gasteiger partial charge in [0.15, 0.2) is 11.5 Å². The molecular weight excluding hydrogens is 280 g/mol. The summed E-state index contributed by atoms with van der Waals surface area (Å²) in [4.78, 5) is 1.39. The minimum atomic E-state index is 0.463. The van der Waals surface area contributed by atoms with Gasteiger partial charge in [-0.3, -0.25) is 0 Å². The van der Waals surface area contributed by atoms with E-state index in [4.69, 9.17) is 9.47 Å². The number of thioether (sulfide) groups is 1. The Bertz CT molecular complexity index is 597. The first-order chi connectivity index (χ1) is 10.4. The Kier molecular flexibility index (Phi) is 4.71. The van der Waals surface area contributed by atoms with Crippen molar-refractivity contribution in [1.82, 2.24) is 0 Å². The van der Waals surface area contributed by atoms with Gasteiger partial charge in [0, 0.05) is 16.6 Å². The van der Waals surface area contributed by atoms with E-state index in [0.29, 0.717) is 12.5 Å². The number of hydrogen-bond donors (Lipinski definition) is 0. The van der Waals surface area contributed by atoms with E-state index in [1.54, 1.807) is 0 Å². The Labute approximate surface area is 130 Å². The lowest BCUT2D eigenvalue weighted by molar-refractivity contribution is 0.259. The number of rotatable bonds is 6. The predicted molar refractivity (Wildman–Crippen MR) is 87.6 cm³/mol. The second-order valence-corrected chi connectivity index (χ2v) is 6.21. The molecule has 21 heavy (non-hydrogen) atoms. The molecule has 0 fully saturated rings. The van der Waals surface area contributed by atoms with Crippen LogP contribution in [0.3, 0.4) is 0 Å². The van der Waals surface area contributed by atoms with Crippen LogP contribution in [0.5, 0.6) is 11.5 Å². The zero-order chi connectivity index (χ0) is 14.5. The zero-order valence-electron chi connectivity index (χ0n) is 12.2. The predicted octanol–water partition coefficient (Wildman–Crippen LogP) is 4.74. The van der Waals surface area contributed by atoms with Gasteiger partial charge in [0.2, 0.25) is 0 Å². The van der Waals surface area contributed by atoms with Crippen LogP contribution in [0.2, 0.25) is 0 Å². The molecule has 1 unspecified atom stereocenters. The molecule has 3 rings (SSSR count). The van der Waals surface area contributed by atoms with E-state index in [2.05, 4.69) is 31.2 Å². The van der Waals surface area contributed by atoms with E-state index in [1.807, 2.05) is 36.0 Å². The third-order valence-electron chi connectivity index (χ3n) is 3.55. The van der Waals surface area contributed by atoms with E-state index in [9.17, 15) is 0 Å².